The third-order valence-corrected chi connectivity index (χ3v) is 2.26. The smallest absolute Gasteiger partial charge is 0.202 e. The fourth-order valence-corrected chi connectivity index (χ4v) is 1.57. The molecule has 0 aliphatic heterocycles. The van der Waals surface area contributed by atoms with Gasteiger partial charge < -0.3 is 14.6 Å². The van der Waals surface area contributed by atoms with E-state index in [9.17, 15) is 0 Å². The van der Waals surface area contributed by atoms with Gasteiger partial charge in [0, 0.05) is 32.1 Å². The minimum absolute atomic E-state index is 0.595. The number of ether oxygens (including phenoxy) is 1. The van der Waals surface area contributed by atoms with E-state index in [-0.39, 0.29) is 0 Å². The van der Waals surface area contributed by atoms with Gasteiger partial charge in [0.2, 0.25) is 5.95 Å². The Balaban J connectivity index is 2.24. The predicted octanol–water partition coefficient (Wildman–Crippen LogP) is 2.62. The molecular weight excluding hydrogens is 214 g/mol. The summed E-state index contributed by atoms with van der Waals surface area (Å²) in [6, 6.07) is 0. The van der Waals surface area contributed by atoms with Crippen molar-refractivity contribution in [3.63, 3.8) is 0 Å². The van der Waals surface area contributed by atoms with E-state index in [0.717, 1.165) is 32.3 Å². The Morgan fingerprint density at radius 2 is 2.06 bits per heavy atom. The largest absolute Gasteiger partial charge is 0.379 e. The zero-order valence-electron chi connectivity index (χ0n) is 11.4. The zero-order valence-corrected chi connectivity index (χ0v) is 11.4. The third kappa shape index (κ3) is 5.73. The number of imidazole rings is 1. The van der Waals surface area contributed by atoms with Gasteiger partial charge in [-0.1, -0.05) is 27.7 Å². The summed E-state index contributed by atoms with van der Waals surface area (Å²) in [6.07, 6.45) is 3.84. The second kappa shape index (κ2) is 7.33. The average molecular weight is 239 g/mol. The lowest BCUT2D eigenvalue weighted by Gasteiger charge is -2.12. The van der Waals surface area contributed by atoms with Crippen LogP contribution in [0.5, 0.6) is 0 Å². The number of aromatic nitrogens is 2. The lowest BCUT2D eigenvalue weighted by atomic mass is 10.2. The fraction of sp³-hybridized carbons (Fsp3) is 0.769. The van der Waals surface area contributed by atoms with Gasteiger partial charge in [0.15, 0.2) is 0 Å². The van der Waals surface area contributed by atoms with Gasteiger partial charge in [-0.05, 0) is 11.8 Å². The molecule has 0 radical (unpaired) electrons. The minimum atomic E-state index is 0.595. The predicted molar refractivity (Wildman–Crippen MR) is 71.2 cm³/mol. The van der Waals surface area contributed by atoms with Crippen LogP contribution in [0.2, 0.25) is 0 Å². The highest BCUT2D eigenvalue weighted by molar-refractivity contribution is 5.25. The summed E-state index contributed by atoms with van der Waals surface area (Å²) in [5, 5.41) is 3.30. The normalized spacial score (nSPS) is 11.4. The molecule has 0 aliphatic carbocycles. The summed E-state index contributed by atoms with van der Waals surface area (Å²) in [4.78, 5) is 4.30. The van der Waals surface area contributed by atoms with E-state index in [4.69, 9.17) is 4.74 Å². The van der Waals surface area contributed by atoms with Gasteiger partial charge in [0.1, 0.15) is 0 Å². The van der Waals surface area contributed by atoms with Gasteiger partial charge in [-0.3, -0.25) is 0 Å². The van der Waals surface area contributed by atoms with Crippen molar-refractivity contribution in [2.45, 2.75) is 34.2 Å². The Morgan fingerprint density at radius 3 is 2.71 bits per heavy atom. The average Bonchev–Trinajstić information content (AvgIpc) is 2.64. The second-order valence-electron chi connectivity index (χ2n) is 5.19. The van der Waals surface area contributed by atoms with Crippen molar-refractivity contribution in [1.29, 1.82) is 0 Å². The summed E-state index contributed by atoms with van der Waals surface area (Å²) in [7, 11) is 0. The molecule has 0 bridgehead atoms. The van der Waals surface area contributed by atoms with Crippen LogP contribution in [0.4, 0.5) is 5.95 Å². The van der Waals surface area contributed by atoms with Gasteiger partial charge in [-0.15, -0.1) is 0 Å². The first kappa shape index (κ1) is 14.0. The Kier molecular flexibility index (Phi) is 6.05. The molecule has 1 heterocycles. The van der Waals surface area contributed by atoms with Crippen LogP contribution in [0.15, 0.2) is 12.4 Å². The lowest BCUT2D eigenvalue weighted by molar-refractivity contribution is 0.118. The van der Waals surface area contributed by atoms with Crippen LogP contribution in [0, 0.1) is 11.8 Å². The van der Waals surface area contributed by atoms with Gasteiger partial charge >= 0.3 is 0 Å². The molecule has 0 aromatic carbocycles. The van der Waals surface area contributed by atoms with Crippen LogP contribution < -0.4 is 5.32 Å². The zero-order chi connectivity index (χ0) is 12.7. The maximum absolute atomic E-state index is 5.51. The molecule has 0 spiro atoms. The van der Waals surface area contributed by atoms with Crippen molar-refractivity contribution >= 4 is 5.95 Å². The Bertz CT molecular complexity index is 307. The SMILES string of the molecule is CC(C)COCCNc1nccn1CC(C)C. The molecule has 0 atom stereocenters. The van der Waals surface area contributed by atoms with Crippen LogP contribution in [0.25, 0.3) is 0 Å². The first-order valence-electron chi connectivity index (χ1n) is 6.42. The summed E-state index contributed by atoms with van der Waals surface area (Å²) < 4.78 is 7.66. The molecule has 0 fully saturated rings. The molecule has 0 unspecified atom stereocenters. The van der Waals surface area contributed by atoms with E-state index in [2.05, 4.69) is 42.6 Å². The van der Waals surface area contributed by atoms with E-state index >= 15 is 0 Å². The number of hydrogen-bond donors (Lipinski definition) is 1. The van der Waals surface area contributed by atoms with E-state index in [1.165, 1.54) is 0 Å². The molecule has 0 saturated carbocycles. The molecule has 17 heavy (non-hydrogen) atoms. The van der Waals surface area contributed by atoms with E-state index in [0.29, 0.717) is 11.8 Å². The molecule has 1 aromatic rings. The summed E-state index contributed by atoms with van der Waals surface area (Å²) in [5.41, 5.74) is 0. The number of anilines is 1. The highest BCUT2D eigenvalue weighted by Crippen LogP contribution is 2.07. The number of rotatable bonds is 8. The van der Waals surface area contributed by atoms with Gasteiger partial charge in [0.05, 0.1) is 6.61 Å². The van der Waals surface area contributed by atoms with Gasteiger partial charge in [-0.2, -0.15) is 0 Å². The maximum atomic E-state index is 5.51. The molecule has 1 rings (SSSR count). The second-order valence-corrected chi connectivity index (χ2v) is 5.19. The number of nitrogens with one attached hydrogen (secondary N) is 1. The summed E-state index contributed by atoms with van der Waals surface area (Å²) in [6.45, 7) is 12.1. The molecule has 1 aromatic heterocycles. The van der Waals surface area contributed by atoms with E-state index < -0.39 is 0 Å². The summed E-state index contributed by atoms with van der Waals surface area (Å²) in [5.74, 6) is 2.16. The van der Waals surface area contributed by atoms with Crippen molar-refractivity contribution in [2.75, 3.05) is 25.1 Å². The van der Waals surface area contributed by atoms with Crippen molar-refractivity contribution in [2.24, 2.45) is 11.8 Å². The maximum Gasteiger partial charge on any atom is 0.202 e. The Morgan fingerprint density at radius 1 is 1.29 bits per heavy atom. The van der Waals surface area contributed by atoms with Crippen LogP contribution >= 0.6 is 0 Å². The fourth-order valence-electron chi connectivity index (χ4n) is 1.57. The third-order valence-electron chi connectivity index (χ3n) is 2.26. The van der Waals surface area contributed by atoms with Crippen LogP contribution in [0.1, 0.15) is 27.7 Å². The Hall–Kier alpha value is -1.03. The first-order valence-corrected chi connectivity index (χ1v) is 6.42. The van der Waals surface area contributed by atoms with Gasteiger partial charge in [0.25, 0.3) is 0 Å². The quantitative estimate of drug-likeness (QED) is 0.709. The van der Waals surface area contributed by atoms with Crippen LogP contribution in [0.3, 0.4) is 0 Å². The van der Waals surface area contributed by atoms with E-state index in [1.54, 1.807) is 0 Å². The monoisotopic (exact) mass is 239 g/mol. The molecule has 0 amide bonds. The highest BCUT2D eigenvalue weighted by Gasteiger charge is 2.03. The van der Waals surface area contributed by atoms with Crippen molar-refractivity contribution in [3.05, 3.63) is 12.4 Å². The number of hydrogen-bond acceptors (Lipinski definition) is 3. The molecule has 98 valence electrons. The first-order chi connectivity index (χ1) is 8.09. The van der Waals surface area contributed by atoms with Crippen LogP contribution in [-0.2, 0) is 11.3 Å². The van der Waals surface area contributed by atoms with Crippen molar-refractivity contribution in [1.82, 2.24) is 9.55 Å². The standard InChI is InChI=1S/C13H25N3O/c1-11(2)9-16-7-5-14-13(16)15-6-8-17-10-12(3)4/h5,7,11-12H,6,8-10H2,1-4H3,(H,14,15). The minimum Gasteiger partial charge on any atom is -0.379 e. The van der Waals surface area contributed by atoms with Crippen molar-refractivity contribution < 1.29 is 4.74 Å². The summed E-state index contributed by atoms with van der Waals surface area (Å²) >= 11 is 0. The number of nitrogens with zero attached hydrogens (tertiary/aromatic N) is 2. The molecule has 1 N–H and O–H groups in total. The molecule has 4 nitrogen and oxygen atoms in total. The molecular formula is C13H25N3O. The van der Waals surface area contributed by atoms with Gasteiger partial charge in [-0.25, -0.2) is 4.98 Å². The molecule has 0 saturated heterocycles. The molecule has 4 heteroatoms. The molecule has 0 aliphatic rings. The lowest BCUT2D eigenvalue weighted by Crippen LogP contribution is -2.16. The Labute approximate surface area is 104 Å². The highest BCUT2D eigenvalue weighted by atomic mass is 16.5. The topological polar surface area (TPSA) is 39.1 Å². The van der Waals surface area contributed by atoms with Crippen molar-refractivity contribution in [3.8, 4) is 0 Å². The van der Waals surface area contributed by atoms with E-state index in [1.807, 2.05) is 12.4 Å². The van der Waals surface area contributed by atoms with Crippen LogP contribution in [-0.4, -0.2) is 29.3 Å².